The predicted molar refractivity (Wildman–Crippen MR) is 72.3 cm³/mol. The number of nitrogens with zero attached hydrogens (tertiary/aromatic N) is 3. The molecule has 2 N–H and O–H groups in total. The molecule has 0 aliphatic carbocycles. The fourth-order valence-electron chi connectivity index (χ4n) is 1.52. The quantitative estimate of drug-likeness (QED) is 0.598. The smallest absolute Gasteiger partial charge is 0.243 e. The summed E-state index contributed by atoms with van der Waals surface area (Å²) in [6.45, 7) is 1.80. The second-order valence-corrected chi connectivity index (χ2v) is 6.34. The average molecular weight is 290 g/mol. The van der Waals surface area contributed by atoms with Gasteiger partial charge in [0.15, 0.2) is 0 Å². The first kappa shape index (κ1) is 16.1. The summed E-state index contributed by atoms with van der Waals surface area (Å²) in [5.41, 5.74) is 0. The zero-order chi connectivity index (χ0) is 14.3. The van der Waals surface area contributed by atoms with Gasteiger partial charge in [-0.05, 0) is 33.5 Å². The Morgan fingerprint density at radius 3 is 2.79 bits per heavy atom. The van der Waals surface area contributed by atoms with Gasteiger partial charge in [0.05, 0.1) is 6.20 Å². The van der Waals surface area contributed by atoms with E-state index in [0.717, 1.165) is 13.0 Å². The first-order valence-corrected chi connectivity index (χ1v) is 7.72. The van der Waals surface area contributed by atoms with Crippen molar-refractivity contribution in [3.8, 4) is 0 Å². The molecule has 0 unspecified atom stereocenters. The summed E-state index contributed by atoms with van der Waals surface area (Å²) >= 11 is 0. The van der Waals surface area contributed by atoms with Gasteiger partial charge in [0, 0.05) is 25.9 Å². The Morgan fingerprint density at radius 2 is 2.16 bits per heavy atom. The van der Waals surface area contributed by atoms with E-state index in [9.17, 15) is 8.42 Å². The molecule has 0 saturated heterocycles. The molecule has 0 saturated carbocycles. The van der Waals surface area contributed by atoms with Gasteiger partial charge in [0.25, 0.3) is 0 Å². The maximum absolute atomic E-state index is 11.9. The number of aryl methyl sites for hydroxylation is 1. The van der Waals surface area contributed by atoms with Crippen LogP contribution in [0.3, 0.4) is 0 Å². The Hall–Kier alpha value is -0.960. The Labute approximate surface area is 114 Å². The lowest BCUT2D eigenvalue weighted by molar-refractivity contribution is 0.277. The summed E-state index contributed by atoms with van der Waals surface area (Å²) in [6.07, 6.45) is 4.11. The number of hydrogen-bond acceptors (Lipinski definition) is 5. The van der Waals surface area contributed by atoms with E-state index in [0.29, 0.717) is 19.5 Å². The molecule has 0 atom stereocenters. The van der Waals surface area contributed by atoms with Crippen LogP contribution in [0.2, 0.25) is 0 Å². The third kappa shape index (κ3) is 5.68. The minimum atomic E-state index is -3.48. The van der Waals surface area contributed by atoms with Crippen LogP contribution in [-0.4, -0.2) is 62.0 Å². The highest BCUT2D eigenvalue weighted by atomic mass is 32.2. The summed E-state index contributed by atoms with van der Waals surface area (Å²) < 4.78 is 27.9. The van der Waals surface area contributed by atoms with E-state index in [1.807, 2.05) is 19.0 Å². The van der Waals surface area contributed by atoms with Crippen molar-refractivity contribution in [1.29, 1.82) is 0 Å². The number of rotatable bonds is 9. The molecule has 1 rings (SSSR count). The molecule has 8 heteroatoms. The molecule has 0 aromatic carbocycles. The van der Waals surface area contributed by atoms with E-state index < -0.39 is 10.0 Å². The van der Waals surface area contributed by atoms with Crippen molar-refractivity contribution in [1.82, 2.24) is 19.4 Å². The van der Waals surface area contributed by atoms with Gasteiger partial charge in [-0.15, -0.1) is 0 Å². The van der Waals surface area contributed by atoms with E-state index in [2.05, 4.69) is 9.82 Å². The second-order valence-electron chi connectivity index (χ2n) is 4.57. The number of hydrogen-bond donors (Lipinski definition) is 2. The lowest BCUT2D eigenvalue weighted by Gasteiger charge is -2.09. The molecule has 110 valence electrons. The number of nitrogens with one attached hydrogen (secondary N) is 1. The number of sulfonamides is 1. The van der Waals surface area contributed by atoms with Crippen LogP contribution in [0.15, 0.2) is 17.3 Å². The Kier molecular flexibility index (Phi) is 6.43. The SMILES string of the molecule is CN(C)CCCNS(=O)(=O)c1cnn(CCCO)c1. The Bertz CT molecular complexity index is 470. The molecule has 0 aliphatic heterocycles. The van der Waals surface area contributed by atoms with Crippen molar-refractivity contribution >= 4 is 10.0 Å². The normalized spacial score (nSPS) is 12.2. The highest BCUT2D eigenvalue weighted by molar-refractivity contribution is 7.89. The van der Waals surface area contributed by atoms with E-state index in [4.69, 9.17) is 5.11 Å². The third-order valence-corrected chi connectivity index (χ3v) is 3.95. The Morgan fingerprint density at radius 1 is 1.42 bits per heavy atom. The molecule has 0 amide bonds. The molecule has 1 aromatic rings. The number of aromatic nitrogens is 2. The molecular formula is C11H22N4O3S. The molecule has 0 spiro atoms. The van der Waals surface area contributed by atoms with Crippen molar-refractivity contribution in [2.45, 2.75) is 24.3 Å². The van der Waals surface area contributed by atoms with Crippen molar-refractivity contribution < 1.29 is 13.5 Å². The highest BCUT2D eigenvalue weighted by Gasteiger charge is 2.15. The monoisotopic (exact) mass is 290 g/mol. The molecule has 19 heavy (non-hydrogen) atoms. The van der Waals surface area contributed by atoms with Crippen LogP contribution in [0.4, 0.5) is 0 Å². The average Bonchev–Trinajstić information content (AvgIpc) is 2.81. The van der Waals surface area contributed by atoms with E-state index in [1.165, 1.54) is 17.1 Å². The maximum Gasteiger partial charge on any atom is 0.243 e. The van der Waals surface area contributed by atoms with Gasteiger partial charge in [-0.25, -0.2) is 13.1 Å². The summed E-state index contributed by atoms with van der Waals surface area (Å²) in [4.78, 5) is 2.16. The molecule has 7 nitrogen and oxygen atoms in total. The summed E-state index contributed by atoms with van der Waals surface area (Å²) in [5.74, 6) is 0. The fourth-order valence-corrected chi connectivity index (χ4v) is 2.55. The third-order valence-electron chi connectivity index (χ3n) is 2.54. The van der Waals surface area contributed by atoms with Crippen LogP contribution in [0.5, 0.6) is 0 Å². The number of aliphatic hydroxyl groups is 1. The van der Waals surface area contributed by atoms with Crippen LogP contribution in [0, 0.1) is 0 Å². The largest absolute Gasteiger partial charge is 0.396 e. The molecular weight excluding hydrogens is 268 g/mol. The first-order chi connectivity index (χ1) is 8.95. The highest BCUT2D eigenvalue weighted by Crippen LogP contribution is 2.07. The summed E-state index contributed by atoms with van der Waals surface area (Å²) in [7, 11) is 0.412. The predicted octanol–water partition coefficient (Wildman–Crippen LogP) is -0.504. The van der Waals surface area contributed by atoms with Crippen molar-refractivity contribution in [2.24, 2.45) is 0 Å². The molecule has 0 bridgehead atoms. The van der Waals surface area contributed by atoms with Crippen LogP contribution < -0.4 is 4.72 Å². The topological polar surface area (TPSA) is 87.5 Å². The van der Waals surface area contributed by atoms with Gasteiger partial charge < -0.3 is 10.0 Å². The summed E-state index contributed by atoms with van der Waals surface area (Å²) in [6, 6.07) is 0. The van der Waals surface area contributed by atoms with Gasteiger partial charge in [0.2, 0.25) is 10.0 Å². The number of aliphatic hydroxyl groups excluding tert-OH is 1. The molecule has 0 aliphatic rings. The zero-order valence-corrected chi connectivity index (χ0v) is 12.2. The molecule has 0 fully saturated rings. The molecule has 1 aromatic heterocycles. The lowest BCUT2D eigenvalue weighted by Crippen LogP contribution is -2.27. The second kappa shape index (κ2) is 7.59. The van der Waals surface area contributed by atoms with Crippen LogP contribution in [-0.2, 0) is 16.6 Å². The van der Waals surface area contributed by atoms with Gasteiger partial charge >= 0.3 is 0 Å². The first-order valence-electron chi connectivity index (χ1n) is 6.23. The zero-order valence-electron chi connectivity index (χ0n) is 11.4. The standard InChI is InChI=1S/C11H22N4O3S/c1-14(2)6-3-5-13-19(17,18)11-9-12-15(10-11)7-4-8-16/h9-10,13,16H,3-8H2,1-2H3. The van der Waals surface area contributed by atoms with Crippen molar-refractivity contribution in [2.75, 3.05) is 33.8 Å². The summed E-state index contributed by atoms with van der Waals surface area (Å²) in [5, 5.41) is 12.7. The van der Waals surface area contributed by atoms with Gasteiger partial charge in [0.1, 0.15) is 4.90 Å². The van der Waals surface area contributed by atoms with Gasteiger partial charge in [-0.1, -0.05) is 0 Å². The van der Waals surface area contributed by atoms with Crippen LogP contribution in [0.25, 0.3) is 0 Å². The van der Waals surface area contributed by atoms with Crippen LogP contribution in [0.1, 0.15) is 12.8 Å². The molecule has 1 heterocycles. The molecule has 0 radical (unpaired) electrons. The Balaban J connectivity index is 2.50. The maximum atomic E-state index is 11.9. The van der Waals surface area contributed by atoms with E-state index >= 15 is 0 Å². The minimum Gasteiger partial charge on any atom is -0.396 e. The van der Waals surface area contributed by atoms with Gasteiger partial charge in [-0.2, -0.15) is 5.10 Å². The van der Waals surface area contributed by atoms with E-state index in [-0.39, 0.29) is 11.5 Å². The van der Waals surface area contributed by atoms with Crippen molar-refractivity contribution in [3.05, 3.63) is 12.4 Å². The fraction of sp³-hybridized carbons (Fsp3) is 0.727. The van der Waals surface area contributed by atoms with E-state index in [1.54, 1.807) is 0 Å². The minimum absolute atomic E-state index is 0.0602. The lowest BCUT2D eigenvalue weighted by atomic mass is 10.4. The van der Waals surface area contributed by atoms with Crippen LogP contribution >= 0.6 is 0 Å². The van der Waals surface area contributed by atoms with Gasteiger partial charge in [-0.3, -0.25) is 4.68 Å². The van der Waals surface area contributed by atoms with Crippen molar-refractivity contribution in [3.63, 3.8) is 0 Å².